The molecule has 1 aromatic carbocycles. The molecule has 0 aliphatic rings. The van der Waals surface area contributed by atoms with Crippen LogP contribution in [0.4, 0.5) is 5.69 Å². The Balaban J connectivity index is 2.39. The predicted octanol–water partition coefficient (Wildman–Crippen LogP) is 2.71. The lowest BCUT2D eigenvalue weighted by molar-refractivity contribution is 0.0527. The van der Waals surface area contributed by atoms with Gasteiger partial charge in [0, 0.05) is 11.3 Å². The third kappa shape index (κ3) is 2.30. The molecule has 4 heteroatoms. The van der Waals surface area contributed by atoms with E-state index in [1.54, 1.807) is 37.5 Å². The van der Waals surface area contributed by atoms with Crippen LogP contribution in [0.25, 0.3) is 11.3 Å². The number of furan rings is 1. The predicted molar refractivity (Wildman–Crippen MR) is 64.5 cm³/mol. The van der Waals surface area contributed by atoms with Gasteiger partial charge in [-0.2, -0.15) is 0 Å². The van der Waals surface area contributed by atoms with Gasteiger partial charge < -0.3 is 14.9 Å². The summed E-state index contributed by atoms with van der Waals surface area (Å²) in [4.78, 5) is 11.7. The first kappa shape index (κ1) is 11.3. The van der Waals surface area contributed by atoms with E-state index in [9.17, 15) is 4.79 Å². The van der Waals surface area contributed by atoms with Crippen LogP contribution < -0.4 is 5.73 Å². The highest BCUT2D eigenvalue weighted by Crippen LogP contribution is 2.24. The fraction of sp³-hybridized carbons (Fsp3) is 0.154. The average molecular weight is 231 g/mol. The molecule has 0 amide bonds. The normalized spacial score (nSPS) is 10.2. The van der Waals surface area contributed by atoms with E-state index in [0.717, 1.165) is 5.56 Å². The first-order chi connectivity index (χ1) is 8.22. The van der Waals surface area contributed by atoms with Crippen molar-refractivity contribution in [3.63, 3.8) is 0 Å². The van der Waals surface area contributed by atoms with Crippen molar-refractivity contribution in [2.45, 2.75) is 6.92 Å². The van der Waals surface area contributed by atoms with Gasteiger partial charge in [-0.15, -0.1) is 0 Å². The van der Waals surface area contributed by atoms with Gasteiger partial charge in [-0.25, -0.2) is 4.79 Å². The highest BCUT2D eigenvalue weighted by Gasteiger charge is 2.12. The molecule has 0 saturated carbocycles. The molecule has 0 atom stereocenters. The van der Waals surface area contributed by atoms with Crippen LogP contribution in [0.5, 0.6) is 0 Å². The molecule has 0 bridgehead atoms. The van der Waals surface area contributed by atoms with Crippen molar-refractivity contribution in [3.8, 4) is 11.3 Å². The first-order valence-corrected chi connectivity index (χ1v) is 5.33. The van der Waals surface area contributed by atoms with Crippen molar-refractivity contribution < 1.29 is 13.9 Å². The molecule has 2 N–H and O–H groups in total. The van der Waals surface area contributed by atoms with Gasteiger partial charge in [-0.05, 0) is 37.3 Å². The summed E-state index contributed by atoms with van der Waals surface area (Å²) >= 11 is 0. The number of ether oxygens (including phenoxy) is 1. The van der Waals surface area contributed by atoms with Crippen LogP contribution in [0.1, 0.15) is 17.3 Å². The monoisotopic (exact) mass is 231 g/mol. The Bertz CT molecular complexity index is 517. The maximum Gasteiger partial charge on any atom is 0.340 e. The second-order valence-electron chi connectivity index (χ2n) is 3.50. The Morgan fingerprint density at radius 1 is 1.41 bits per heavy atom. The van der Waals surface area contributed by atoms with E-state index in [1.165, 1.54) is 0 Å². The molecule has 0 aliphatic heterocycles. The van der Waals surface area contributed by atoms with Gasteiger partial charge in [0.25, 0.3) is 0 Å². The lowest BCUT2D eigenvalue weighted by atomic mass is 10.1. The lowest BCUT2D eigenvalue weighted by Gasteiger charge is -2.06. The Labute approximate surface area is 99.0 Å². The number of hydrogen-bond acceptors (Lipinski definition) is 4. The largest absolute Gasteiger partial charge is 0.464 e. The molecule has 0 fully saturated rings. The Morgan fingerprint density at radius 2 is 2.24 bits per heavy atom. The Hall–Kier alpha value is -2.23. The van der Waals surface area contributed by atoms with Crippen molar-refractivity contribution in [2.24, 2.45) is 0 Å². The van der Waals surface area contributed by atoms with Crippen LogP contribution in [0, 0.1) is 0 Å². The van der Waals surface area contributed by atoms with Crippen molar-refractivity contribution in [2.75, 3.05) is 12.3 Å². The molecule has 1 heterocycles. The molecule has 0 unspecified atom stereocenters. The maximum atomic E-state index is 11.7. The van der Waals surface area contributed by atoms with E-state index in [-0.39, 0.29) is 0 Å². The second kappa shape index (κ2) is 4.74. The van der Waals surface area contributed by atoms with Crippen LogP contribution in [0.2, 0.25) is 0 Å². The van der Waals surface area contributed by atoms with E-state index in [4.69, 9.17) is 14.9 Å². The van der Waals surface area contributed by atoms with Gasteiger partial charge in [-0.1, -0.05) is 0 Å². The minimum absolute atomic E-state index is 0.323. The maximum absolute atomic E-state index is 11.7. The topological polar surface area (TPSA) is 65.5 Å². The molecule has 2 aromatic rings. The van der Waals surface area contributed by atoms with Crippen molar-refractivity contribution in [1.29, 1.82) is 0 Å². The van der Waals surface area contributed by atoms with Gasteiger partial charge in [0.15, 0.2) is 0 Å². The van der Waals surface area contributed by atoms with Crippen LogP contribution in [-0.2, 0) is 4.74 Å². The lowest BCUT2D eigenvalue weighted by Crippen LogP contribution is -2.08. The van der Waals surface area contributed by atoms with Crippen LogP contribution in [0.3, 0.4) is 0 Å². The minimum Gasteiger partial charge on any atom is -0.464 e. The SMILES string of the molecule is CCOC(=O)c1cc(-c2ccco2)ccc1N. The molecule has 0 spiro atoms. The number of carbonyl (C=O) groups excluding carboxylic acids is 1. The van der Waals surface area contributed by atoms with Crippen molar-refractivity contribution in [1.82, 2.24) is 0 Å². The quantitative estimate of drug-likeness (QED) is 0.651. The van der Waals surface area contributed by atoms with Crippen molar-refractivity contribution in [3.05, 3.63) is 42.2 Å². The molecule has 88 valence electrons. The number of hydrogen-bond donors (Lipinski definition) is 1. The number of nitrogens with two attached hydrogens (primary N) is 1. The summed E-state index contributed by atoms with van der Waals surface area (Å²) in [6.07, 6.45) is 1.58. The molecule has 4 nitrogen and oxygen atoms in total. The molecule has 17 heavy (non-hydrogen) atoms. The van der Waals surface area contributed by atoms with E-state index in [1.807, 2.05) is 6.07 Å². The molecule has 0 saturated heterocycles. The second-order valence-corrected chi connectivity index (χ2v) is 3.50. The number of rotatable bonds is 3. The van der Waals surface area contributed by atoms with E-state index in [0.29, 0.717) is 23.6 Å². The molecule has 0 radical (unpaired) electrons. The van der Waals surface area contributed by atoms with Crippen molar-refractivity contribution >= 4 is 11.7 Å². The van der Waals surface area contributed by atoms with Gasteiger partial charge in [0.2, 0.25) is 0 Å². The Morgan fingerprint density at radius 3 is 2.88 bits per heavy atom. The summed E-state index contributed by atoms with van der Waals surface area (Å²) in [5.74, 6) is 0.272. The average Bonchev–Trinajstić information content (AvgIpc) is 2.83. The summed E-state index contributed by atoms with van der Waals surface area (Å²) < 4.78 is 10.2. The van der Waals surface area contributed by atoms with Gasteiger partial charge in [0.1, 0.15) is 5.76 Å². The highest BCUT2D eigenvalue weighted by atomic mass is 16.5. The van der Waals surface area contributed by atoms with Crippen LogP contribution in [-0.4, -0.2) is 12.6 Å². The number of nitrogen functional groups attached to an aromatic ring is 1. The summed E-state index contributed by atoms with van der Waals surface area (Å²) in [5, 5.41) is 0. The molecule has 2 rings (SSSR count). The zero-order valence-electron chi connectivity index (χ0n) is 9.47. The van der Waals surface area contributed by atoms with Crippen LogP contribution >= 0.6 is 0 Å². The fourth-order valence-electron chi connectivity index (χ4n) is 1.54. The summed E-state index contributed by atoms with van der Waals surface area (Å²) in [7, 11) is 0. The van der Waals surface area contributed by atoms with E-state index in [2.05, 4.69) is 0 Å². The molecular weight excluding hydrogens is 218 g/mol. The number of anilines is 1. The van der Waals surface area contributed by atoms with Gasteiger partial charge in [-0.3, -0.25) is 0 Å². The highest BCUT2D eigenvalue weighted by molar-refractivity contribution is 5.96. The smallest absolute Gasteiger partial charge is 0.340 e. The molecule has 0 aliphatic carbocycles. The molecular formula is C13H13NO3. The minimum atomic E-state index is -0.418. The van der Waals surface area contributed by atoms with E-state index < -0.39 is 5.97 Å². The Kier molecular flexibility index (Phi) is 3.14. The zero-order chi connectivity index (χ0) is 12.3. The van der Waals surface area contributed by atoms with Gasteiger partial charge >= 0.3 is 5.97 Å². The standard InChI is InChI=1S/C13H13NO3/c1-2-16-13(15)10-8-9(5-6-11(10)14)12-4-3-7-17-12/h3-8H,2,14H2,1H3. The summed E-state index contributed by atoms with van der Waals surface area (Å²) in [6, 6.07) is 8.75. The number of esters is 1. The fourth-order valence-corrected chi connectivity index (χ4v) is 1.54. The third-order valence-corrected chi connectivity index (χ3v) is 2.35. The third-order valence-electron chi connectivity index (χ3n) is 2.35. The van der Waals surface area contributed by atoms with E-state index >= 15 is 0 Å². The number of carbonyl (C=O) groups is 1. The summed E-state index contributed by atoms with van der Waals surface area (Å²) in [6.45, 7) is 2.08. The zero-order valence-corrected chi connectivity index (χ0v) is 9.47. The summed E-state index contributed by atoms with van der Waals surface area (Å²) in [5.41, 5.74) is 7.30. The molecule has 1 aromatic heterocycles. The number of benzene rings is 1. The first-order valence-electron chi connectivity index (χ1n) is 5.33. The van der Waals surface area contributed by atoms with Crippen LogP contribution in [0.15, 0.2) is 41.0 Å². The van der Waals surface area contributed by atoms with Gasteiger partial charge in [0.05, 0.1) is 18.4 Å².